The standard InChI is InChI=1S/C22H20ClN3O2/c23-19(18-12-6-5-11-17(18)15-24)20(22(28)26-13-7-2-8-14-26)25-21(27)16-9-3-1-4-10-16/h1,3-6,9-12H,2,7-8,13-14H2,(H,25,27)/b20-19-. The number of amides is 2. The number of carbonyl (C=O) groups excluding carboxylic acids is 2. The van der Waals surface area contributed by atoms with Crippen molar-refractivity contribution in [2.45, 2.75) is 19.3 Å². The van der Waals surface area contributed by atoms with Gasteiger partial charge in [0, 0.05) is 24.2 Å². The molecule has 0 unspecified atom stereocenters. The lowest BCUT2D eigenvalue weighted by Crippen LogP contribution is -2.41. The molecule has 0 atom stereocenters. The summed E-state index contributed by atoms with van der Waals surface area (Å²) in [5, 5.41) is 12.1. The maximum atomic E-state index is 13.2. The lowest BCUT2D eigenvalue weighted by molar-refractivity contribution is -0.128. The van der Waals surface area contributed by atoms with Crippen LogP contribution in [0.4, 0.5) is 0 Å². The molecule has 1 heterocycles. The number of nitrogens with one attached hydrogen (secondary N) is 1. The highest BCUT2D eigenvalue weighted by atomic mass is 35.5. The fraction of sp³-hybridized carbons (Fsp3) is 0.227. The number of benzene rings is 2. The third kappa shape index (κ3) is 4.41. The first kappa shape index (κ1) is 19.7. The summed E-state index contributed by atoms with van der Waals surface area (Å²) in [7, 11) is 0. The van der Waals surface area contributed by atoms with E-state index in [4.69, 9.17) is 11.6 Å². The Morgan fingerprint density at radius 3 is 2.29 bits per heavy atom. The topological polar surface area (TPSA) is 73.2 Å². The van der Waals surface area contributed by atoms with E-state index in [0.29, 0.717) is 29.8 Å². The van der Waals surface area contributed by atoms with Gasteiger partial charge in [0.15, 0.2) is 0 Å². The van der Waals surface area contributed by atoms with Crippen LogP contribution in [0.15, 0.2) is 60.3 Å². The molecule has 1 saturated heterocycles. The monoisotopic (exact) mass is 393 g/mol. The fourth-order valence-corrected chi connectivity index (χ4v) is 3.43. The Morgan fingerprint density at radius 2 is 1.61 bits per heavy atom. The molecule has 1 N–H and O–H groups in total. The van der Waals surface area contributed by atoms with Crippen molar-refractivity contribution in [3.63, 3.8) is 0 Å². The number of hydrogen-bond acceptors (Lipinski definition) is 3. The summed E-state index contributed by atoms with van der Waals surface area (Å²) in [6.45, 7) is 1.24. The van der Waals surface area contributed by atoms with Gasteiger partial charge in [0.05, 0.1) is 16.7 Å². The third-order valence-electron chi connectivity index (χ3n) is 4.64. The van der Waals surface area contributed by atoms with Gasteiger partial charge in [-0.05, 0) is 37.5 Å². The summed E-state index contributed by atoms with van der Waals surface area (Å²) in [5.74, 6) is -0.754. The van der Waals surface area contributed by atoms with Crippen LogP contribution >= 0.6 is 11.6 Å². The van der Waals surface area contributed by atoms with Gasteiger partial charge in [-0.2, -0.15) is 5.26 Å². The van der Waals surface area contributed by atoms with Crippen molar-refractivity contribution in [1.29, 1.82) is 5.26 Å². The zero-order valence-corrected chi connectivity index (χ0v) is 16.1. The minimum Gasteiger partial charge on any atom is -0.337 e. The zero-order valence-electron chi connectivity index (χ0n) is 15.3. The van der Waals surface area contributed by atoms with Gasteiger partial charge in [-0.25, -0.2) is 0 Å². The Morgan fingerprint density at radius 1 is 0.964 bits per heavy atom. The first-order valence-corrected chi connectivity index (χ1v) is 9.54. The normalized spacial score (nSPS) is 14.6. The van der Waals surface area contributed by atoms with Crippen molar-refractivity contribution in [3.05, 3.63) is 77.0 Å². The molecule has 2 aromatic rings. The van der Waals surface area contributed by atoms with E-state index < -0.39 is 5.91 Å². The van der Waals surface area contributed by atoms with E-state index in [9.17, 15) is 14.9 Å². The molecule has 1 aliphatic heterocycles. The fourth-order valence-electron chi connectivity index (χ4n) is 3.14. The first-order chi connectivity index (χ1) is 13.6. The Labute approximate surface area is 169 Å². The molecule has 2 amide bonds. The highest BCUT2D eigenvalue weighted by Crippen LogP contribution is 2.27. The van der Waals surface area contributed by atoms with Crippen LogP contribution in [0.5, 0.6) is 0 Å². The molecule has 28 heavy (non-hydrogen) atoms. The average molecular weight is 394 g/mol. The number of nitriles is 1. The molecule has 0 aromatic heterocycles. The molecule has 5 nitrogen and oxygen atoms in total. The molecule has 1 aliphatic rings. The van der Waals surface area contributed by atoms with E-state index in [2.05, 4.69) is 11.4 Å². The van der Waals surface area contributed by atoms with Crippen molar-refractivity contribution in [2.24, 2.45) is 0 Å². The molecular weight excluding hydrogens is 374 g/mol. The van der Waals surface area contributed by atoms with Crippen molar-refractivity contribution < 1.29 is 9.59 Å². The maximum absolute atomic E-state index is 13.2. The highest BCUT2D eigenvalue weighted by Gasteiger charge is 2.26. The minimum atomic E-state index is -0.423. The van der Waals surface area contributed by atoms with Crippen molar-refractivity contribution in [1.82, 2.24) is 10.2 Å². The van der Waals surface area contributed by atoms with E-state index >= 15 is 0 Å². The van der Waals surface area contributed by atoms with Crippen LogP contribution in [0.3, 0.4) is 0 Å². The predicted octanol–water partition coefficient (Wildman–Crippen LogP) is 3.91. The lowest BCUT2D eigenvalue weighted by atomic mass is 10.1. The zero-order chi connectivity index (χ0) is 19.9. The molecule has 6 heteroatoms. The molecule has 0 aliphatic carbocycles. The van der Waals surface area contributed by atoms with Crippen LogP contribution in [0.1, 0.15) is 40.7 Å². The Bertz CT molecular complexity index is 942. The van der Waals surface area contributed by atoms with E-state index in [1.165, 1.54) is 0 Å². The van der Waals surface area contributed by atoms with E-state index in [-0.39, 0.29) is 16.6 Å². The average Bonchev–Trinajstić information content (AvgIpc) is 2.77. The molecule has 2 aromatic carbocycles. The van der Waals surface area contributed by atoms with Gasteiger partial charge in [-0.1, -0.05) is 48.0 Å². The van der Waals surface area contributed by atoms with Crippen molar-refractivity contribution in [2.75, 3.05) is 13.1 Å². The predicted molar refractivity (Wildman–Crippen MR) is 108 cm³/mol. The number of carbonyl (C=O) groups is 2. The van der Waals surface area contributed by atoms with Gasteiger partial charge in [-0.15, -0.1) is 0 Å². The second-order valence-electron chi connectivity index (χ2n) is 6.52. The Hall–Kier alpha value is -3.10. The molecule has 142 valence electrons. The molecular formula is C22H20ClN3O2. The van der Waals surface area contributed by atoms with Gasteiger partial charge < -0.3 is 10.2 Å². The summed E-state index contributed by atoms with van der Waals surface area (Å²) in [6.07, 6.45) is 2.90. The van der Waals surface area contributed by atoms with E-state index in [0.717, 1.165) is 19.3 Å². The smallest absolute Gasteiger partial charge is 0.271 e. The van der Waals surface area contributed by atoms with Crippen molar-refractivity contribution >= 4 is 28.4 Å². The van der Waals surface area contributed by atoms with Gasteiger partial charge in [0.25, 0.3) is 11.8 Å². The second-order valence-corrected chi connectivity index (χ2v) is 6.90. The minimum absolute atomic E-state index is 0.000111. The summed E-state index contributed by atoms with van der Waals surface area (Å²) in [5.41, 5.74) is 1.18. The SMILES string of the molecule is N#Cc1ccccc1/C(Cl)=C(/NC(=O)c1ccccc1)C(=O)N1CCCCC1. The number of hydrogen-bond donors (Lipinski definition) is 1. The van der Waals surface area contributed by atoms with Crippen LogP contribution in [-0.2, 0) is 4.79 Å². The number of piperidine rings is 1. The quantitative estimate of drug-likeness (QED) is 0.800. The summed E-state index contributed by atoms with van der Waals surface area (Å²) < 4.78 is 0. The number of halogens is 1. The van der Waals surface area contributed by atoms with Crippen LogP contribution in [-0.4, -0.2) is 29.8 Å². The lowest BCUT2D eigenvalue weighted by Gasteiger charge is -2.28. The number of likely N-dealkylation sites (tertiary alicyclic amines) is 1. The number of nitrogens with zero attached hydrogens (tertiary/aromatic N) is 2. The van der Waals surface area contributed by atoms with Gasteiger partial charge >= 0.3 is 0 Å². The third-order valence-corrected chi connectivity index (χ3v) is 5.03. The molecule has 1 fully saturated rings. The second kappa shape index (κ2) is 9.20. The Kier molecular flexibility index (Phi) is 6.46. The van der Waals surface area contributed by atoms with Crippen LogP contribution in [0, 0.1) is 11.3 Å². The first-order valence-electron chi connectivity index (χ1n) is 9.16. The molecule has 0 spiro atoms. The van der Waals surface area contributed by atoms with Gasteiger partial charge in [-0.3, -0.25) is 9.59 Å². The molecule has 0 radical (unpaired) electrons. The van der Waals surface area contributed by atoms with E-state index in [1.807, 2.05) is 6.07 Å². The van der Waals surface area contributed by atoms with Crippen LogP contribution in [0.2, 0.25) is 0 Å². The largest absolute Gasteiger partial charge is 0.337 e. The molecule has 0 saturated carbocycles. The number of rotatable bonds is 4. The van der Waals surface area contributed by atoms with Crippen LogP contribution in [0.25, 0.3) is 5.03 Å². The molecule has 3 rings (SSSR count). The van der Waals surface area contributed by atoms with Crippen LogP contribution < -0.4 is 5.32 Å². The summed E-state index contributed by atoms with van der Waals surface area (Å²) >= 11 is 6.57. The Balaban J connectivity index is 2.01. The summed E-state index contributed by atoms with van der Waals surface area (Å²) in [4.78, 5) is 27.6. The van der Waals surface area contributed by atoms with Gasteiger partial charge in [0.2, 0.25) is 0 Å². The maximum Gasteiger partial charge on any atom is 0.271 e. The van der Waals surface area contributed by atoms with Gasteiger partial charge in [0.1, 0.15) is 5.70 Å². The summed E-state index contributed by atoms with van der Waals surface area (Å²) in [6, 6.07) is 17.5. The molecule has 0 bridgehead atoms. The highest BCUT2D eigenvalue weighted by molar-refractivity contribution is 6.51. The van der Waals surface area contributed by atoms with Crippen molar-refractivity contribution in [3.8, 4) is 6.07 Å². The van der Waals surface area contributed by atoms with E-state index in [1.54, 1.807) is 53.4 Å².